The largest absolute Gasteiger partial charge is 0.573 e. The molecule has 1 aliphatic rings. The number of nitrogens with one attached hydrogen (secondary N) is 1. The monoisotopic (exact) mass is 392 g/mol. The Labute approximate surface area is 157 Å². The number of nitrogens with zero attached hydrogens (tertiary/aromatic N) is 3. The van der Waals surface area contributed by atoms with Gasteiger partial charge < -0.3 is 19.4 Å². The first-order valence-corrected chi connectivity index (χ1v) is 8.46. The maximum atomic E-state index is 12.8. The van der Waals surface area contributed by atoms with Crippen molar-refractivity contribution in [2.24, 2.45) is 0 Å². The minimum absolute atomic E-state index is 0.189. The third-order valence-electron chi connectivity index (χ3n) is 4.32. The molecule has 4 rings (SSSR count). The van der Waals surface area contributed by atoms with Gasteiger partial charge >= 0.3 is 6.36 Å². The number of amides is 1. The van der Waals surface area contributed by atoms with Crippen LogP contribution in [-0.4, -0.2) is 51.8 Å². The lowest BCUT2D eigenvalue weighted by atomic mass is 10.1. The van der Waals surface area contributed by atoms with Gasteiger partial charge in [0.15, 0.2) is 5.65 Å². The molecule has 3 aromatic rings. The van der Waals surface area contributed by atoms with E-state index in [0.29, 0.717) is 17.8 Å². The van der Waals surface area contributed by atoms with Gasteiger partial charge in [0.05, 0.1) is 25.0 Å². The molecule has 1 amide bonds. The van der Waals surface area contributed by atoms with E-state index < -0.39 is 12.5 Å². The fraction of sp³-hybridized carbons (Fsp3) is 0.278. The number of hydrogen-bond donors (Lipinski definition) is 1. The van der Waals surface area contributed by atoms with Crippen LogP contribution in [-0.2, 0) is 4.74 Å². The normalized spacial score (nSPS) is 17.7. The molecule has 0 saturated carbocycles. The van der Waals surface area contributed by atoms with Crippen LogP contribution in [0.3, 0.4) is 0 Å². The molecule has 1 aromatic carbocycles. The van der Waals surface area contributed by atoms with Gasteiger partial charge in [-0.3, -0.25) is 4.79 Å². The first-order chi connectivity index (χ1) is 13.4. The average molecular weight is 392 g/mol. The minimum atomic E-state index is -4.77. The van der Waals surface area contributed by atoms with E-state index in [1.165, 1.54) is 24.5 Å². The van der Waals surface area contributed by atoms with Crippen LogP contribution < -0.4 is 4.74 Å². The molecule has 1 unspecified atom stereocenters. The summed E-state index contributed by atoms with van der Waals surface area (Å²) in [6.45, 7) is 0.800. The van der Waals surface area contributed by atoms with Gasteiger partial charge in [0.1, 0.15) is 17.5 Å². The second kappa shape index (κ2) is 7.12. The molecule has 0 bridgehead atoms. The molecule has 3 heterocycles. The van der Waals surface area contributed by atoms with Gasteiger partial charge in [-0.05, 0) is 29.8 Å². The summed E-state index contributed by atoms with van der Waals surface area (Å²) in [6.07, 6.45) is -3.85. The number of rotatable bonds is 3. The van der Waals surface area contributed by atoms with E-state index in [-0.39, 0.29) is 30.5 Å². The van der Waals surface area contributed by atoms with Crippen molar-refractivity contribution < 1.29 is 27.4 Å². The highest BCUT2D eigenvalue weighted by Gasteiger charge is 2.32. The zero-order valence-electron chi connectivity index (χ0n) is 14.4. The fourth-order valence-electron chi connectivity index (χ4n) is 3.05. The molecule has 7 nitrogen and oxygen atoms in total. The Kier molecular flexibility index (Phi) is 4.63. The van der Waals surface area contributed by atoms with Crippen molar-refractivity contribution in [2.75, 3.05) is 19.7 Å². The number of benzene rings is 1. The van der Waals surface area contributed by atoms with E-state index in [4.69, 9.17) is 4.74 Å². The molecule has 1 fully saturated rings. The van der Waals surface area contributed by atoms with Gasteiger partial charge in [0.25, 0.3) is 5.91 Å². The number of fused-ring (bicyclic) bond motifs is 1. The Balaban J connectivity index is 1.51. The zero-order chi connectivity index (χ0) is 19.7. The van der Waals surface area contributed by atoms with E-state index in [2.05, 4.69) is 19.7 Å². The van der Waals surface area contributed by atoms with Crippen molar-refractivity contribution in [1.29, 1.82) is 0 Å². The van der Waals surface area contributed by atoms with Gasteiger partial charge in [0.2, 0.25) is 0 Å². The number of imidazole rings is 1. The van der Waals surface area contributed by atoms with Crippen molar-refractivity contribution >= 4 is 17.1 Å². The van der Waals surface area contributed by atoms with Crippen molar-refractivity contribution in [3.05, 3.63) is 54.0 Å². The fourth-order valence-corrected chi connectivity index (χ4v) is 3.05. The highest BCUT2D eigenvalue weighted by molar-refractivity contribution is 5.94. The molecule has 1 N–H and O–H groups in total. The summed E-state index contributed by atoms with van der Waals surface area (Å²) in [6, 6.07) is 8.89. The van der Waals surface area contributed by atoms with Gasteiger partial charge in [0, 0.05) is 6.54 Å². The van der Waals surface area contributed by atoms with Crippen LogP contribution in [0.4, 0.5) is 13.2 Å². The van der Waals surface area contributed by atoms with Crippen molar-refractivity contribution in [1.82, 2.24) is 19.9 Å². The standard InChI is InChI=1S/C18H15F3N4O3/c19-18(20,21)28-12-3-1-2-11(8-12)15-9-25(6-7-27-15)17(26)14-5-4-13-16(24-14)23-10-22-13/h1-5,8,10,15H,6-7,9H2,(H,22,23,24). The number of ether oxygens (including phenoxy) is 2. The number of pyridine rings is 1. The summed E-state index contributed by atoms with van der Waals surface area (Å²) in [5, 5.41) is 0. The summed E-state index contributed by atoms with van der Waals surface area (Å²) in [4.78, 5) is 25.5. The van der Waals surface area contributed by atoms with E-state index in [0.717, 1.165) is 5.52 Å². The third kappa shape index (κ3) is 3.91. The second-order valence-corrected chi connectivity index (χ2v) is 6.20. The van der Waals surface area contributed by atoms with Crippen LogP contribution >= 0.6 is 0 Å². The lowest BCUT2D eigenvalue weighted by Crippen LogP contribution is -2.42. The lowest BCUT2D eigenvalue weighted by Gasteiger charge is -2.33. The van der Waals surface area contributed by atoms with Gasteiger partial charge in [-0.2, -0.15) is 0 Å². The Morgan fingerprint density at radius 2 is 2.14 bits per heavy atom. The molecule has 1 aliphatic heterocycles. The molecule has 28 heavy (non-hydrogen) atoms. The van der Waals surface area contributed by atoms with Crippen LogP contribution in [0.2, 0.25) is 0 Å². The molecule has 0 spiro atoms. The van der Waals surface area contributed by atoms with E-state index >= 15 is 0 Å². The lowest BCUT2D eigenvalue weighted by molar-refractivity contribution is -0.274. The van der Waals surface area contributed by atoms with Gasteiger partial charge in [-0.1, -0.05) is 12.1 Å². The minimum Gasteiger partial charge on any atom is -0.406 e. The van der Waals surface area contributed by atoms with Crippen LogP contribution in [0.5, 0.6) is 5.75 Å². The van der Waals surface area contributed by atoms with E-state index in [1.807, 2.05) is 0 Å². The highest BCUT2D eigenvalue weighted by atomic mass is 19.4. The van der Waals surface area contributed by atoms with Crippen LogP contribution in [0.15, 0.2) is 42.7 Å². The van der Waals surface area contributed by atoms with Crippen LogP contribution in [0.1, 0.15) is 22.2 Å². The Morgan fingerprint density at radius 3 is 2.96 bits per heavy atom. The SMILES string of the molecule is O=C(c1ccc2[nH]cnc2n1)N1CCOC(c2cccc(OC(F)(F)F)c2)C1. The quantitative estimate of drug-likeness (QED) is 0.741. The predicted molar refractivity (Wildman–Crippen MR) is 91.6 cm³/mol. The first-order valence-electron chi connectivity index (χ1n) is 8.46. The van der Waals surface area contributed by atoms with Crippen molar-refractivity contribution in [3.8, 4) is 5.75 Å². The maximum Gasteiger partial charge on any atom is 0.573 e. The third-order valence-corrected chi connectivity index (χ3v) is 4.32. The molecule has 10 heteroatoms. The number of H-pyrrole nitrogens is 1. The summed E-state index contributed by atoms with van der Waals surface area (Å²) in [7, 11) is 0. The zero-order valence-corrected chi connectivity index (χ0v) is 14.4. The summed E-state index contributed by atoms with van der Waals surface area (Å²) < 4.78 is 46.9. The number of morpholine rings is 1. The molecule has 0 aliphatic carbocycles. The summed E-state index contributed by atoms with van der Waals surface area (Å²) in [5.74, 6) is -0.622. The molecule has 1 atom stereocenters. The number of carbonyl (C=O) groups is 1. The van der Waals surface area contributed by atoms with Gasteiger partial charge in [-0.25, -0.2) is 9.97 Å². The molecule has 1 saturated heterocycles. The van der Waals surface area contributed by atoms with Crippen LogP contribution in [0.25, 0.3) is 11.2 Å². The second-order valence-electron chi connectivity index (χ2n) is 6.20. The van der Waals surface area contributed by atoms with E-state index in [9.17, 15) is 18.0 Å². The maximum absolute atomic E-state index is 12.8. The number of aromatic amines is 1. The Hall–Kier alpha value is -3.14. The van der Waals surface area contributed by atoms with Crippen LogP contribution in [0, 0.1) is 0 Å². The number of aromatic nitrogens is 3. The Morgan fingerprint density at radius 1 is 1.29 bits per heavy atom. The van der Waals surface area contributed by atoms with Crippen molar-refractivity contribution in [3.63, 3.8) is 0 Å². The average Bonchev–Trinajstić information content (AvgIpc) is 3.14. The van der Waals surface area contributed by atoms with E-state index in [1.54, 1.807) is 23.1 Å². The summed E-state index contributed by atoms with van der Waals surface area (Å²) in [5.41, 5.74) is 1.90. The first kappa shape index (κ1) is 18.2. The number of alkyl halides is 3. The van der Waals surface area contributed by atoms with Crippen molar-refractivity contribution in [2.45, 2.75) is 12.5 Å². The molecular formula is C18H15F3N4O3. The number of carbonyl (C=O) groups excluding carboxylic acids is 1. The highest BCUT2D eigenvalue weighted by Crippen LogP contribution is 2.29. The topological polar surface area (TPSA) is 80.3 Å². The number of hydrogen-bond acceptors (Lipinski definition) is 5. The molecular weight excluding hydrogens is 377 g/mol. The number of halogens is 3. The Bertz CT molecular complexity index is 1000. The molecule has 0 radical (unpaired) electrons. The summed E-state index contributed by atoms with van der Waals surface area (Å²) >= 11 is 0. The molecule has 146 valence electrons. The molecule has 2 aromatic heterocycles. The smallest absolute Gasteiger partial charge is 0.406 e. The van der Waals surface area contributed by atoms with Gasteiger partial charge in [-0.15, -0.1) is 13.2 Å². The predicted octanol–water partition coefficient (Wildman–Crippen LogP) is 3.07.